The van der Waals surface area contributed by atoms with Crippen LogP contribution in [0.2, 0.25) is 0 Å². The Morgan fingerprint density at radius 2 is 1.87 bits per heavy atom. The number of hydrogen-bond acceptors (Lipinski definition) is 6. The Bertz CT molecular complexity index is 1510. The van der Waals surface area contributed by atoms with E-state index in [1.165, 1.54) is 27.8 Å². The number of hydrazine groups is 1. The summed E-state index contributed by atoms with van der Waals surface area (Å²) in [5.74, 6) is 7.16. The maximum Gasteiger partial charge on any atom is 0.126 e. The van der Waals surface area contributed by atoms with Crippen molar-refractivity contribution in [1.82, 2.24) is 14.7 Å². The minimum atomic E-state index is -0.0141. The minimum Gasteiger partial charge on any atom is -0.492 e. The van der Waals surface area contributed by atoms with Crippen LogP contribution in [0.3, 0.4) is 0 Å². The van der Waals surface area contributed by atoms with Crippen molar-refractivity contribution >= 4 is 22.3 Å². The number of aryl methyl sites for hydroxylation is 2. The van der Waals surface area contributed by atoms with E-state index in [0.717, 1.165) is 53.2 Å². The lowest BCUT2D eigenvalue weighted by Gasteiger charge is -2.34. The fourth-order valence-electron chi connectivity index (χ4n) is 6.04. The van der Waals surface area contributed by atoms with Crippen LogP contribution in [0, 0.1) is 19.3 Å². The van der Waals surface area contributed by atoms with Gasteiger partial charge in [0.2, 0.25) is 0 Å². The van der Waals surface area contributed by atoms with Crippen LogP contribution in [-0.4, -0.2) is 34.9 Å². The molecule has 2 heterocycles. The first-order valence-corrected chi connectivity index (χ1v) is 13.7. The third kappa shape index (κ3) is 5.21. The fraction of sp³-hybridized carbons (Fsp3) is 0.406. The number of nitrogens with two attached hydrogens (primary N) is 2. The van der Waals surface area contributed by atoms with Gasteiger partial charge in [0.05, 0.1) is 11.4 Å². The van der Waals surface area contributed by atoms with Crippen molar-refractivity contribution in [2.45, 2.75) is 53.6 Å². The van der Waals surface area contributed by atoms with E-state index in [9.17, 15) is 0 Å². The number of fused-ring (bicyclic) bond motifs is 3. The van der Waals surface area contributed by atoms with Crippen molar-refractivity contribution in [2.75, 3.05) is 30.9 Å². The first-order chi connectivity index (χ1) is 18.4. The molecule has 4 aromatic rings. The van der Waals surface area contributed by atoms with E-state index in [1.54, 1.807) is 5.01 Å². The lowest BCUT2D eigenvalue weighted by Crippen LogP contribution is -2.27. The van der Waals surface area contributed by atoms with Gasteiger partial charge in [0.25, 0.3) is 0 Å². The number of anilines is 2. The second-order valence-corrected chi connectivity index (χ2v) is 12.2. The largest absolute Gasteiger partial charge is 0.492 e. The van der Waals surface area contributed by atoms with Gasteiger partial charge in [-0.3, -0.25) is 9.58 Å². The van der Waals surface area contributed by atoms with Gasteiger partial charge in [0.1, 0.15) is 17.9 Å². The first kappa shape index (κ1) is 27.0. The van der Waals surface area contributed by atoms with Crippen molar-refractivity contribution < 1.29 is 4.74 Å². The lowest BCUT2D eigenvalue weighted by atomic mass is 9.71. The minimum absolute atomic E-state index is 0.0141. The smallest absolute Gasteiger partial charge is 0.126 e. The molecule has 1 aromatic heterocycles. The monoisotopic (exact) mass is 526 g/mol. The van der Waals surface area contributed by atoms with Crippen molar-refractivity contribution in [2.24, 2.45) is 18.3 Å². The van der Waals surface area contributed by atoms with E-state index in [1.807, 2.05) is 24.8 Å². The van der Waals surface area contributed by atoms with E-state index in [-0.39, 0.29) is 11.3 Å². The quantitative estimate of drug-likeness (QED) is 0.198. The Labute approximate surface area is 232 Å². The highest BCUT2D eigenvalue weighted by molar-refractivity contribution is 5.83. The van der Waals surface area contributed by atoms with Crippen molar-refractivity contribution in [1.29, 1.82) is 0 Å². The molecule has 5 rings (SSSR count). The normalized spacial score (nSPS) is 15.1. The molecule has 0 amide bonds. The predicted octanol–water partition coefficient (Wildman–Crippen LogP) is 5.65. The number of aromatic nitrogens is 2. The highest BCUT2D eigenvalue weighted by Crippen LogP contribution is 2.44. The van der Waals surface area contributed by atoms with Gasteiger partial charge in [-0.15, -0.1) is 0 Å². The predicted molar refractivity (Wildman–Crippen MR) is 161 cm³/mol. The number of nitrogens with zero attached hydrogens (tertiary/aromatic N) is 4. The molecule has 0 spiro atoms. The molecule has 0 bridgehead atoms. The van der Waals surface area contributed by atoms with Gasteiger partial charge in [-0.1, -0.05) is 45.0 Å². The van der Waals surface area contributed by atoms with Crippen LogP contribution in [-0.2, 0) is 20.1 Å². The van der Waals surface area contributed by atoms with Crippen molar-refractivity contribution in [3.8, 4) is 5.75 Å². The zero-order valence-corrected chi connectivity index (χ0v) is 24.4. The zero-order valence-electron chi connectivity index (χ0n) is 24.4. The molecular weight excluding hydrogens is 484 g/mol. The molecule has 7 heteroatoms. The molecule has 0 aliphatic carbocycles. The SMILES string of the molecule is Cc1ccc(C(c2ccc(N(C)N)c(N)c2C)C(C)(C)C)cc1CN1CCOc2ccc3cn(C)nc3c2C1. The molecule has 1 aliphatic heterocycles. The van der Waals surface area contributed by atoms with Crippen molar-refractivity contribution in [3.63, 3.8) is 0 Å². The Kier molecular flexibility index (Phi) is 7.08. The Morgan fingerprint density at radius 1 is 1.10 bits per heavy atom. The van der Waals surface area contributed by atoms with Gasteiger partial charge in [-0.2, -0.15) is 5.10 Å². The maximum absolute atomic E-state index is 6.57. The van der Waals surface area contributed by atoms with E-state index in [4.69, 9.17) is 21.4 Å². The maximum atomic E-state index is 6.57. The van der Waals surface area contributed by atoms with Crippen LogP contribution in [0.1, 0.15) is 60.1 Å². The molecule has 1 atom stereocenters. The van der Waals surface area contributed by atoms with Crippen LogP contribution in [0.15, 0.2) is 48.7 Å². The number of benzene rings is 3. The van der Waals surface area contributed by atoms with Gasteiger partial charge in [0.15, 0.2) is 0 Å². The van der Waals surface area contributed by atoms with Gasteiger partial charge in [-0.25, -0.2) is 5.84 Å². The third-order valence-electron chi connectivity index (χ3n) is 8.09. The molecule has 4 N–H and O–H groups in total. The van der Waals surface area contributed by atoms with Gasteiger partial charge < -0.3 is 15.5 Å². The number of rotatable bonds is 5. The summed E-state index contributed by atoms with van der Waals surface area (Å²) < 4.78 is 8.05. The molecule has 0 saturated heterocycles. The van der Waals surface area contributed by atoms with Crippen LogP contribution in [0.5, 0.6) is 5.75 Å². The van der Waals surface area contributed by atoms with E-state index >= 15 is 0 Å². The Balaban J connectivity index is 1.50. The Morgan fingerprint density at radius 3 is 2.59 bits per heavy atom. The van der Waals surface area contributed by atoms with Gasteiger partial charge >= 0.3 is 0 Å². The summed E-state index contributed by atoms with van der Waals surface area (Å²) in [7, 11) is 3.79. The van der Waals surface area contributed by atoms with Crippen molar-refractivity contribution in [3.05, 3.63) is 82.0 Å². The standard InChI is InChI=1S/C32H42N6O/c1-20-8-9-22(29(32(3,4)5)25-11-12-27(37(7)34)30(33)21(25)2)16-24(20)18-38-14-15-39-28-13-10-23-17-36(6)35-31(23)26(28)19-38/h8-13,16-17,29H,14-15,18-19,33-34H2,1-7H3. The second kappa shape index (κ2) is 10.2. The van der Waals surface area contributed by atoms with Gasteiger partial charge in [0, 0.05) is 56.8 Å². The molecule has 1 unspecified atom stereocenters. The summed E-state index contributed by atoms with van der Waals surface area (Å²) in [6.45, 7) is 14.4. The number of nitrogen functional groups attached to an aromatic ring is 1. The molecule has 1 aliphatic rings. The van der Waals surface area contributed by atoms with Crippen LogP contribution >= 0.6 is 0 Å². The van der Waals surface area contributed by atoms with E-state index < -0.39 is 0 Å². The van der Waals surface area contributed by atoms with E-state index in [0.29, 0.717) is 6.61 Å². The Hall–Kier alpha value is -3.55. The molecule has 3 aromatic carbocycles. The number of ether oxygens (including phenoxy) is 1. The van der Waals surface area contributed by atoms with Crippen LogP contribution in [0.25, 0.3) is 10.9 Å². The summed E-state index contributed by atoms with van der Waals surface area (Å²) in [6.07, 6.45) is 2.07. The first-order valence-electron chi connectivity index (χ1n) is 13.7. The molecule has 206 valence electrons. The molecule has 0 fully saturated rings. The fourth-order valence-corrected chi connectivity index (χ4v) is 6.04. The molecule has 0 radical (unpaired) electrons. The van der Waals surface area contributed by atoms with Crippen LogP contribution < -0.4 is 21.3 Å². The highest BCUT2D eigenvalue weighted by Gasteiger charge is 2.31. The summed E-state index contributed by atoms with van der Waals surface area (Å²) >= 11 is 0. The summed E-state index contributed by atoms with van der Waals surface area (Å²) in [6, 6.07) is 15.4. The zero-order chi connectivity index (χ0) is 28.1. The topological polar surface area (TPSA) is 85.6 Å². The van der Waals surface area contributed by atoms with Crippen LogP contribution in [0.4, 0.5) is 11.4 Å². The van der Waals surface area contributed by atoms with E-state index in [2.05, 4.69) is 82.1 Å². The van der Waals surface area contributed by atoms with Gasteiger partial charge in [-0.05, 0) is 65.3 Å². The molecule has 39 heavy (non-hydrogen) atoms. The third-order valence-corrected chi connectivity index (χ3v) is 8.09. The summed E-state index contributed by atoms with van der Waals surface area (Å²) in [4.78, 5) is 2.48. The highest BCUT2D eigenvalue weighted by atomic mass is 16.5. The lowest BCUT2D eigenvalue weighted by molar-refractivity contribution is 0.219. The average Bonchev–Trinajstić information content (AvgIpc) is 3.12. The molecule has 0 saturated carbocycles. The number of hydrogen-bond donors (Lipinski definition) is 2. The molecular formula is C32H42N6O. The summed E-state index contributed by atoms with van der Waals surface area (Å²) in [5.41, 5.74) is 16.6. The summed E-state index contributed by atoms with van der Waals surface area (Å²) in [5, 5.41) is 7.48. The molecule has 7 nitrogen and oxygen atoms in total. The average molecular weight is 527 g/mol. The second-order valence-electron chi connectivity index (χ2n) is 12.2.